The van der Waals surface area contributed by atoms with Crippen LogP contribution < -0.4 is 5.32 Å². The minimum Gasteiger partial charge on any atom is -0.459 e. The van der Waals surface area contributed by atoms with E-state index in [2.05, 4.69) is 19.2 Å². The number of rotatable bonds is 2. The van der Waals surface area contributed by atoms with E-state index in [0.717, 1.165) is 35.7 Å². The molecule has 5 rings (SSSR count). The number of furan rings is 1. The predicted molar refractivity (Wildman–Crippen MR) is 106 cm³/mol. The zero-order chi connectivity index (χ0) is 20.4. The highest BCUT2D eigenvalue weighted by Crippen LogP contribution is 2.47. The molecular weight excluding hydrogens is 393 g/mol. The SMILES string of the molecule is CC1(C)CNC2(CCOC2)c2oc3cc(S(=O)(=O)c4cccc(F)c4)ccc3c21. The summed E-state index contributed by atoms with van der Waals surface area (Å²) in [4.78, 5) is 0.0139. The summed E-state index contributed by atoms with van der Waals surface area (Å²) in [5.74, 6) is 0.248. The van der Waals surface area contributed by atoms with Gasteiger partial charge < -0.3 is 14.5 Å². The van der Waals surface area contributed by atoms with Crippen LogP contribution in [0.2, 0.25) is 0 Å². The van der Waals surface area contributed by atoms with Gasteiger partial charge >= 0.3 is 0 Å². The first-order valence-corrected chi connectivity index (χ1v) is 11.1. The number of halogens is 1. The van der Waals surface area contributed by atoms with Gasteiger partial charge in [-0.05, 0) is 36.8 Å². The molecule has 1 atom stereocenters. The lowest BCUT2D eigenvalue weighted by Crippen LogP contribution is -2.53. The maximum absolute atomic E-state index is 13.6. The monoisotopic (exact) mass is 415 g/mol. The normalized spacial score (nSPS) is 23.6. The Hall–Kier alpha value is -2.22. The molecule has 7 heteroatoms. The fourth-order valence-corrected chi connectivity index (χ4v) is 5.77. The molecule has 0 saturated carbocycles. The molecule has 3 aromatic rings. The van der Waals surface area contributed by atoms with Crippen LogP contribution in [0.25, 0.3) is 11.0 Å². The molecule has 0 radical (unpaired) electrons. The zero-order valence-electron chi connectivity index (χ0n) is 16.3. The summed E-state index contributed by atoms with van der Waals surface area (Å²) in [5, 5.41) is 4.51. The Bertz CT molecular complexity index is 1220. The molecule has 2 aromatic carbocycles. The summed E-state index contributed by atoms with van der Waals surface area (Å²) < 4.78 is 51.5. The van der Waals surface area contributed by atoms with Crippen molar-refractivity contribution in [2.45, 2.75) is 41.0 Å². The van der Waals surface area contributed by atoms with Crippen molar-refractivity contribution in [1.29, 1.82) is 0 Å². The van der Waals surface area contributed by atoms with Crippen molar-refractivity contribution in [3.05, 3.63) is 59.6 Å². The van der Waals surface area contributed by atoms with E-state index in [1.165, 1.54) is 18.2 Å². The lowest BCUT2D eigenvalue weighted by atomic mass is 9.74. The number of nitrogens with one attached hydrogen (secondary N) is 1. The number of hydrogen-bond acceptors (Lipinski definition) is 5. The smallest absolute Gasteiger partial charge is 0.206 e. The molecule has 3 heterocycles. The van der Waals surface area contributed by atoms with Crippen LogP contribution in [0.1, 0.15) is 31.6 Å². The summed E-state index contributed by atoms with van der Waals surface area (Å²) in [7, 11) is -3.85. The van der Waals surface area contributed by atoms with E-state index in [9.17, 15) is 12.8 Å². The Morgan fingerprint density at radius 1 is 1.10 bits per heavy atom. The maximum atomic E-state index is 13.6. The van der Waals surface area contributed by atoms with Gasteiger partial charge in [0.1, 0.15) is 22.7 Å². The molecular formula is C22H22FNO4S. The predicted octanol–water partition coefficient (Wildman–Crippen LogP) is 3.90. The molecule has 1 unspecified atom stereocenters. The van der Waals surface area contributed by atoms with Gasteiger partial charge in [0.2, 0.25) is 9.84 Å². The largest absolute Gasteiger partial charge is 0.459 e. The van der Waals surface area contributed by atoms with Crippen LogP contribution in [-0.2, 0) is 25.5 Å². The van der Waals surface area contributed by atoms with Gasteiger partial charge in [0.15, 0.2) is 0 Å². The maximum Gasteiger partial charge on any atom is 0.206 e. The highest BCUT2D eigenvalue weighted by Gasteiger charge is 2.49. The van der Waals surface area contributed by atoms with Gasteiger partial charge in [-0.1, -0.05) is 19.9 Å². The molecule has 1 aromatic heterocycles. The summed E-state index contributed by atoms with van der Waals surface area (Å²) in [5.41, 5.74) is 1.09. The molecule has 5 nitrogen and oxygen atoms in total. The molecule has 0 bridgehead atoms. The molecule has 2 aliphatic rings. The van der Waals surface area contributed by atoms with Crippen LogP contribution in [0.3, 0.4) is 0 Å². The first kappa shape index (κ1) is 18.8. The topological polar surface area (TPSA) is 68.5 Å². The second-order valence-electron chi connectivity index (χ2n) is 8.55. The van der Waals surface area contributed by atoms with Crippen LogP contribution in [0, 0.1) is 5.82 Å². The zero-order valence-corrected chi connectivity index (χ0v) is 17.1. The third-order valence-corrected chi connectivity index (χ3v) is 7.83. The third-order valence-electron chi connectivity index (χ3n) is 6.08. The summed E-state index contributed by atoms with van der Waals surface area (Å²) in [6.07, 6.45) is 0.810. The quantitative estimate of drug-likeness (QED) is 0.688. The summed E-state index contributed by atoms with van der Waals surface area (Å²) in [6, 6.07) is 9.98. The average molecular weight is 415 g/mol. The van der Waals surface area contributed by atoms with Gasteiger partial charge in [-0.3, -0.25) is 0 Å². The molecule has 2 aliphatic heterocycles. The third kappa shape index (κ3) is 2.75. The van der Waals surface area contributed by atoms with Gasteiger partial charge in [0, 0.05) is 35.6 Å². The second-order valence-corrected chi connectivity index (χ2v) is 10.5. The minimum atomic E-state index is -3.85. The highest BCUT2D eigenvalue weighted by molar-refractivity contribution is 7.91. The van der Waals surface area contributed by atoms with Crippen LogP contribution in [0.5, 0.6) is 0 Å². The van der Waals surface area contributed by atoms with Gasteiger partial charge in [-0.25, -0.2) is 12.8 Å². The van der Waals surface area contributed by atoms with Gasteiger partial charge in [-0.15, -0.1) is 0 Å². The average Bonchev–Trinajstić information content (AvgIpc) is 3.31. The standard InChI is InChI=1S/C22H22FNO4S/c1-21(2)12-24-22(8-9-27-13-22)20-19(21)17-7-6-16(11-18(17)28-20)29(25,26)15-5-3-4-14(23)10-15/h3-7,10-11,24H,8-9,12-13H2,1-2H3. The van der Waals surface area contributed by atoms with Crippen LogP contribution >= 0.6 is 0 Å². The van der Waals surface area contributed by atoms with Crippen molar-refractivity contribution in [1.82, 2.24) is 5.32 Å². The van der Waals surface area contributed by atoms with Crippen molar-refractivity contribution >= 4 is 20.8 Å². The molecule has 0 amide bonds. The number of benzene rings is 2. The number of fused-ring (bicyclic) bond motifs is 4. The van der Waals surface area contributed by atoms with Gasteiger partial charge in [-0.2, -0.15) is 0 Å². The molecule has 1 fully saturated rings. The lowest BCUT2D eigenvalue weighted by Gasteiger charge is -2.40. The lowest BCUT2D eigenvalue weighted by molar-refractivity contribution is 0.144. The number of ether oxygens (including phenoxy) is 1. The molecule has 0 aliphatic carbocycles. The van der Waals surface area contributed by atoms with E-state index in [1.807, 2.05) is 0 Å². The Morgan fingerprint density at radius 3 is 2.62 bits per heavy atom. The summed E-state index contributed by atoms with van der Waals surface area (Å²) in [6.45, 7) is 6.26. The van der Waals surface area contributed by atoms with Crippen LogP contribution in [0.4, 0.5) is 4.39 Å². The molecule has 29 heavy (non-hydrogen) atoms. The van der Waals surface area contributed by atoms with E-state index in [-0.39, 0.29) is 20.7 Å². The van der Waals surface area contributed by atoms with Crippen molar-refractivity contribution in [2.24, 2.45) is 0 Å². The molecule has 1 N–H and O–H groups in total. The Labute approximate surface area is 168 Å². The fraction of sp³-hybridized carbons (Fsp3) is 0.364. The Morgan fingerprint density at radius 2 is 1.90 bits per heavy atom. The fourth-order valence-electron chi connectivity index (χ4n) is 4.47. The second kappa shape index (κ2) is 6.14. The van der Waals surface area contributed by atoms with E-state index in [4.69, 9.17) is 9.15 Å². The van der Waals surface area contributed by atoms with Crippen molar-refractivity contribution in [3.8, 4) is 0 Å². The van der Waals surface area contributed by atoms with Crippen LogP contribution in [0.15, 0.2) is 56.7 Å². The van der Waals surface area contributed by atoms with Crippen molar-refractivity contribution in [2.75, 3.05) is 19.8 Å². The minimum absolute atomic E-state index is 0.0733. The van der Waals surface area contributed by atoms with E-state index in [0.29, 0.717) is 18.8 Å². The van der Waals surface area contributed by atoms with Crippen LogP contribution in [-0.4, -0.2) is 28.2 Å². The first-order valence-electron chi connectivity index (χ1n) is 9.64. The Kier molecular flexibility index (Phi) is 3.98. The molecule has 152 valence electrons. The van der Waals surface area contributed by atoms with Crippen molar-refractivity contribution in [3.63, 3.8) is 0 Å². The van der Waals surface area contributed by atoms with Gasteiger partial charge in [0.05, 0.1) is 16.4 Å². The number of sulfone groups is 1. The summed E-state index contributed by atoms with van der Waals surface area (Å²) >= 11 is 0. The number of hydrogen-bond donors (Lipinski definition) is 1. The van der Waals surface area contributed by atoms with E-state index in [1.54, 1.807) is 18.2 Å². The molecule has 1 saturated heterocycles. The van der Waals surface area contributed by atoms with E-state index < -0.39 is 15.7 Å². The van der Waals surface area contributed by atoms with E-state index >= 15 is 0 Å². The first-order chi connectivity index (χ1) is 13.7. The van der Waals surface area contributed by atoms with Crippen molar-refractivity contribution < 1.29 is 22.0 Å². The highest BCUT2D eigenvalue weighted by atomic mass is 32.2. The molecule has 1 spiro atoms. The van der Waals surface area contributed by atoms with Gasteiger partial charge in [0.25, 0.3) is 0 Å². The Balaban J connectivity index is 1.70.